The molecule has 1 aromatic heterocycles. The van der Waals surface area contributed by atoms with E-state index in [9.17, 15) is 8.78 Å². The third-order valence-electron chi connectivity index (χ3n) is 3.12. The van der Waals surface area contributed by atoms with Gasteiger partial charge in [-0.1, -0.05) is 19.9 Å². The lowest BCUT2D eigenvalue weighted by Gasteiger charge is -2.04. The number of nitrogens with zero attached hydrogens (tertiary/aromatic N) is 1. The number of hydrogen-bond donors (Lipinski definition) is 1. The van der Waals surface area contributed by atoms with Gasteiger partial charge >= 0.3 is 0 Å². The molecule has 0 aliphatic rings. The van der Waals surface area contributed by atoms with Gasteiger partial charge in [0, 0.05) is 23.9 Å². The highest BCUT2D eigenvalue weighted by atomic mass is 32.1. The first kappa shape index (κ1) is 16.0. The molecule has 0 unspecified atom stereocenters. The van der Waals surface area contributed by atoms with Crippen LogP contribution in [0, 0.1) is 17.6 Å². The van der Waals surface area contributed by atoms with Gasteiger partial charge in [0.25, 0.3) is 0 Å². The van der Waals surface area contributed by atoms with E-state index in [4.69, 9.17) is 0 Å². The minimum Gasteiger partial charge on any atom is -0.315 e. The summed E-state index contributed by atoms with van der Waals surface area (Å²) < 4.78 is 26.7. The maximum Gasteiger partial charge on any atom is 0.129 e. The zero-order chi connectivity index (χ0) is 15.4. The molecule has 0 aliphatic carbocycles. The Kier molecular flexibility index (Phi) is 5.42. The summed E-state index contributed by atoms with van der Waals surface area (Å²) in [7, 11) is 1.90. The summed E-state index contributed by atoms with van der Waals surface area (Å²) in [4.78, 5) is 5.84. The predicted octanol–water partition coefficient (Wildman–Crippen LogP) is 3.93. The zero-order valence-electron chi connectivity index (χ0n) is 12.5. The minimum absolute atomic E-state index is 0.408. The second kappa shape index (κ2) is 7.09. The fourth-order valence-corrected chi connectivity index (χ4v) is 3.32. The molecule has 114 valence electrons. The normalized spacial score (nSPS) is 11.3. The van der Waals surface area contributed by atoms with Crippen molar-refractivity contribution < 1.29 is 8.78 Å². The Morgan fingerprint density at radius 1 is 1.29 bits per heavy atom. The van der Waals surface area contributed by atoms with E-state index in [1.807, 2.05) is 7.05 Å². The highest BCUT2D eigenvalue weighted by Gasteiger charge is 2.14. The van der Waals surface area contributed by atoms with E-state index in [0.29, 0.717) is 17.9 Å². The summed E-state index contributed by atoms with van der Waals surface area (Å²) in [6, 6.07) is 3.70. The smallest absolute Gasteiger partial charge is 0.129 e. The quantitative estimate of drug-likeness (QED) is 0.874. The van der Waals surface area contributed by atoms with Crippen LogP contribution in [0.25, 0.3) is 0 Å². The van der Waals surface area contributed by atoms with Crippen molar-refractivity contribution in [3.05, 3.63) is 51.0 Å². The van der Waals surface area contributed by atoms with Crippen LogP contribution in [0.1, 0.15) is 35.0 Å². The van der Waals surface area contributed by atoms with Gasteiger partial charge in [-0.3, -0.25) is 0 Å². The molecule has 2 rings (SSSR count). The van der Waals surface area contributed by atoms with Crippen LogP contribution in [-0.4, -0.2) is 12.0 Å². The number of hydrogen-bond acceptors (Lipinski definition) is 3. The Hall–Kier alpha value is -1.33. The molecule has 0 spiro atoms. The van der Waals surface area contributed by atoms with Crippen LogP contribution in [0.4, 0.5) is 8.78 Å². The van der Waals surface area contributed by atoms with Crippen LogP contribution in [0.3, 0.4) is 0 Å². The SMILES string of the molecule is CNCc1sc(Cc2ccc(F)cc2F)nc1CC(C)C. The van der Waals surface area contributed by atoms with Gasteiger partial charge in [-0.05, 0) is 31.0 Å². The summed E-state index contributed by atoms with van der Waals surface area (Å²) in [5, 5.41) is 4.02. The first-order chi connectivity index (χ1) is 9.99. The summed E-state index contributed by atoms with van der Waals surface area (Å²) in [5.41, 5.74) is 1.57. The lowest BCUT2D eigenvalue weighted by molar-refractivity contribution is 0.574. The Labute approximate surface area is 128 Å². The first-order valence-electron chi connectivity index (χ1n) is 7.05. The number of aromatic nitrogens is 1. The van der Waals surface area contributed by atoms with Gasteiger partial charge < -0.3 is 5.32 Å². The van der Waals surface area contributed by atoms with Gasteiger partial charge in [-0.15, -0.1) is 11.3 Å². The van der Waals surface area contributed by atoms with Crippen molar-refractivity contribution in [3.63, 3.8) is 0 Å². The number of rotatable bonds is 6. The van der Waals surface area contributed by atoms with Crippen LogP contribution in [0.5, 0.6) is 0 Å². The molecule has 0 atom stereocenters. The molecule has 1 N–H and O–H groups in total. The van der Waals surface area contributed by atoms with E-state index in [1.54, 1.807) is 11.3 Å². The Morgan fingerprint density at radius 3 is 2.67 bits per heavy atom. The molecular formula is C16H20F2N2S. The van der Waals surface area contributed by atoms with E-state index < -0.39 is 11.6 Å². The third kappa shape index (κ3) is 4.32. The molecule has 2 nitrogen and oxygen atoms in total. The number of thiazole rings is 1. The monoisotopic (exact) mass is 310 g/mol. The van der Waals surface area contributed by atoms with E-state index in [-0.39, 0.29) is 0 Å². The van der Waals surface area contributed by atoms with Crippen molar-refractivity contribution in [1.29, 1.82) is 0 Å². The van der Waals surface area contributed by atoms with Crippen molar-refractivity contribution in [2.24, 2.45) is 5.92 Å². The van der Waals surface area contributed by atoms with Crippen LogP contribution >= 0.6 is 11.3 Å². The minimum atomic E-state index is -0.549. The Morgan fingerprint density at radius 2 is 2.05 bits per heavy atom. The van der Waals surface area contributed by atoms with Crippen molar-refractivity contribution in [2.75, 3.05) is 7.05 Å². The zero-order valence-corrected chi connectivity index (χ0v) is 13.4. The molecule has 0 saturated carbocycles. The summed E-state index contributed by atoms with van der Waals surface area (Å²) in [5.74, 6) is -0.532. The molecule has 0 radical (unpaired) electrons. The fraction of sp³-hybridized carbons (Fsp3) is 0.438. The van der Waals surface area contributed by atoms with Crippen LogP contribution < -0.4 is 5.32 Å². The average Bonchev–Trinajstić information content (AvgIpc) is 2.75. The molecule has 0 aliphatic heterocycles. The molecule has 21 heavy (non-hydrogen) atoms. The molecule has 5 heteroatoms. The molecule has 1 heterocycles. The number of halogens is 2. The van der Waals surface area contributed by atoms with Gasteiger partial charge in [0.05, 0.1) is 10.7 Å². The molecule has 2 aromatic rings. The van der Waals surface area contributed by atoms with Crippen molar-refractivity contribution in [2.45, 2.75) is 33.2 Å². The summed E-state index contributed by atoms with van der Waals surface area (Å²) in [6.45, 7) is 5.08. The maximum absolute atomic E-state index is 13.7. The van der Waals surface area contributed by atoms with E-state index >= 15 is 0 Å². The lowest BCUT2D eigenvalue weighted by atomic mass is 10.1. The van der Waals surface area contributed by atoms with E-state index in [2.05, 4.69) is 24.1 Å². The van der Waals surface area contributed by atoms with Crippen molar-refractivity contribution in [3.8, 4) is 0 Å². The fourth-order valence-electron chi connectivity index (χ4n) is 2.19. The highest BCUT2D eigenvalue weighted by molar-refractivity contribution is 7.11. The number of benzene rings is 1. The van der Waals surface area contributed by atoms with Crippen LogP contribution in [0.2, 0.25) is 0 Å². The Balaban J connectivity index is 2.23. The largest absolute Gasteiger partial charge is 0.315 e. The van der Waals surface area contributed by atoms with Gasteiger partial charge in [0.1, 0.15) is 11.6 Å². The standard InChI is InChI=1S/C16H20F2N2S/c1-10(2)6-14-15(9-19-3)21-16(20-14)7-11-4-5-12(17)8-13(11)18/h4-5,8,10,19H,6-7,9H2,1-3H3. The van der Waals surface area contributed by atoms with Crippen LogP contribution in [0.15, 0.2) is 18.2 Å². The van der Waals surface area contributed by atoms with Gasteiger partial charge in [-0.25, -0.2) is 13.8 Å². The third-order valence-corrected chi connectivity index (χ3v) is 4.22. The topological polar surface area (TPSA) is 24.9 Å². The maximum atomic E-state index is 13.7. The Bertz CT molecular complexity index is 608. The second-order valence-electron chi connectivity index (χ2n) is 5.52. The van der Waals surface area contributed by atoms with Crippen molar-refractivity contribution in [1.82, 2.24) is 10.3 Å². The summed E-state index contributed by atoms with van der Waals surface area (Å²) >= 11 is 1.60. The van der Waals surface area contributed by atoms with E-state index in [1.165, 1.54) is 17.0 Å². The van der Waals surface area contributed by atoms with Gasteiger partial charge in [-0.2, -0.15) is 0 Å². The molecule has 0 bridgehead atoms. The van der Waals surface area contributed by atoms with E-state index in [0.717, 1.165) is 29.7 Å². The van der Waals surface area contributed by atoms with Crippen molar-refractivity contribution >= 4 is 11.3 Å². The van der Waals surface area contributed by atoms with Crippen LogP contribution in [-0.2, 0) is 19.4 Å². The average molecular weight is 310 g/mol. The molecule has 1 aromatic carbocycles. The first-order valence-corrected chi connectivity index (χ1v) is 7.87. The second-order valence-corrected chi connectivity index (χ2v) is 6.69. The lowest BCUT2D eigenvalue weighted by Crippen LogP contribution is -2.07. The molecular weight excluding hydrogens is 290 g/mol. The highest BCUT2D eigenvalue weighted by Crippen LogP contribution is 2.24. The van der Waals surface area contributed by atoms with Gasteiger partial charge in [0.15, 0.2) is 0 Å². The number of nitrogens with one attached hydrogen (secondary N) is 1. The molecule has 0 saturated heterocycles. The summed E-state index contributed by atoms with van der Waals surface area (Å²) in [6.07, 6.45) is 1.32. The predicted molar refractivity (Wildman–Crippen MR) is 82.6 cm³/mol. The molecule has 0 amide bonds. The molecule has 0 fully saturated rings. The van der Waals surface area contributed by atoms with Gasteiger partial charge in [0.2, 0.25) is 0 Å².